The molecule has 0 aromatic rings. The Hall–Kier alpha value is -0.0400. The van der Waals surface area contributed by atoms with E-state index >= 15 is 0 Å². The standard InChI is InChI=1S/C17H35N/c1-13(2)7-12-16(18-6)14-8-10-15(11-9-14)17(3,4)5/h13-16,18H,7-12H2,1-6H3. The predicted octanol–water partition coefficient (Wildman–Crippen LogP) is 4.86. The Morgan fingerprint density at radius 2 is 1.56 bits per heavy atom. The first-order valence-corrected chi connectivity index (χ1v) is 8.01. The molecule has 0 radical (unpaired) electrons. The zero-order valence-electron chi connectivity index (χ0n) is 13.6. The summed E-state index contributed by atoms with van der Waals surface area (Å²) in [6.45, 7) is 11.9. The van der Waals surface area contributed by atoms with E-state index in [2.05, 4.69) is 47.0 Å². The quantitative estimate of drug-likeness (QED) is 0.737. The van der Waals surface area contributed by atoms with Crippen molar-refractivity contribution in [3.05, 3.63) is 0 Å². The summed E-state index contributed by atoms with van der Waals surface area (Å²) in [4.78, 5) is 0. The van der Waals surface area contributed by atoms with Crippen molar-refractivity contribution in [1.82, 2.24) is 5.32 Å². The largest absolute Gasteiger partial charge is 0.317 e. The Kier molecular flexibility index (Phi) is 6.17. The number of hydrogen-bond acceptors (Lipinski definition) is 1. The maximum absolute atomic E-state index is 3.58. The van der Waals surface area contributed by atoms with Crippen LogP contribution in [0, 0.1) is 23.2 Å². The topological polar surface area (TPSA) is 12.0 Å². The van der Waals surface area contributed by atoms with Crippen LogP contribution in [0.1, 0.15) is 73.1 Å². The molecule has 1 heteroatoms. The summed E-state index contributed by atoms with van der Waals surface area (Å²) >= 11 is 0. The zero-order valence-corrected chi connectivity index (χ0v) is 13.6. The van der Waals surface area contributed by atoms with E-state index in [0.29, 0.717) is 5.41 Å². The first-order valence-electron chi connectivity index (χ1n) is 8.01. The highest BCUT2D eigenvalue weighted by Crippen LogP contribution is 2.41. The van der Waals surface area contributed by atoms with Gasteiger partial charge < -0.3 is 5.32 Å². The third-order valence-electron chi connectivity index (χ3n) is 4.99. The van der Waals surface area contributed by atoms with Gasteiger partial charge in [0, 0.05) is 6.04 Å². The molecule has 0 aliphatic heterocycles. The monoisotopic (exact) mass is 253 g/mol. The molecule has 1 aliphatic carbocycles. The normalized spacial score (nSPS) is 27.5. The molecule has 1 rings (SSSR count). The van der Waals surface area contributed by atoms with Gasteiger partial charge >= 0.3 is 0 Å². The second kappa shape index (κ2) is 6.93. The SMILES string of the molecule is CNC(CCC(C)C)C1CCC(C(C)(C)C)CC1. The van der Waals surface area contributed by atoms with Crippen LogP contribution in [0.5, 0.6) is 0 Å². The minimum atomic E-state index is 0.512. The van der Waals surface area contributed by atoms with Crippen LogP contribution in [-0.2, 0) is 0 Å². The summed E-state index contributed by atoms with van der Waals surface area (Å²) in [6.07, 6.45) is 8.48. The summed E-state index contributed by atoms with van der Waals surface area (Å²) in [5.74, 6) is 2.70. The van der Waals surface area contributed by atoms with Gasteiger partial charge in [-0.1, -0.05) is 34.6 Å². The van der Waals surface area contributed by atoms with Gasteiger partial charge in [-0.25, -0.2) is 0 Å². The number of rotatable bonds is 5. The predicted molar refractivity (Wildman–Crippen MR) is 81.8 cm³/mol. The molecule has 0 saturated heterocycles. The van der Waals surface area contributed by atoms with Crippen molar-refractivity contribution in [3.8, 4) is 0 Å². The van der Waals surface area contributed by atoms with Crippen molar-refractivity contribution in [3.63, 3.8) is 0 Å². The summed E-state index contributed by atoms with van der Waals surface area (Å²) in [6, 6.07) is 0.758. The van der Waals surface area contributed by atoms with Gasteiger partial charge in [0.1, 0.15) is 0 Å². The fourth-order valence-corrected chi connectivity index (χ4v) is 3.52. The average molecular weight is 253 g/mol. The Bertz CT molecular complexity index is 218. The smallest absolute Gasteiger partial charge is 0.00924 e. The molecule has 0 bridgehead atoms. The van der Waals surface area contributed by atoms with Crippen molar-refractivity contribution < 1.29 is 0 Å². The lowest BCUT2D eigenvalue weighted by Gasteiger charge is -2.39. The summed E-state index contributed by atoms with van der Waals surface area (Å²) in [5, 5.41) is 3.58. The van der Waals surface area contributed by atoms with Gasteiger partial charge in [0.05, 0.1) is 0 Å². The molecule has 0 aromatic heterocycles. The van der Waals surface area contributed by atoms with Gasteiger partial charge in [-0.15, -0.1) is 0 Å². The van der Waals surface area contributed by atoms with Gasteiger partial charge in [-0.3, -0.25) is 0 Å². The van der Waals surface area contributed by atoms with Crippen molar-refractivity contribution >= 4 is 0 Å². The van der Waals surface area contributed by atoms with E-state index in [4.69, 9.17) is 0 Å². The van der Waals surface area contributed by atoms with Crippen LogP contribution in [-0.4, -0.2) is 13.1 Å². The van der Waals surface area contributed by atoms with Crippen molar-refractivity contribution in [2.24, 2.45) is 23.2 Å². The maximum Gasteiger partial charge on any atom is 0.00924 e. The first kappa shape index (κ1) is 16.0. The maximum atomic E-state index is 3.58. The molecular formula is C17H35N. The van der Waals surface area contributed by atoms with Crippen molar-refractivity contribution in [2.45, 2.75) is 79.2 Å². The van der Waals surface area contributed by atoms with Gasteiger partial charge in [0.2, 0.25) is 0 Å². The Balaban J connectivity index is 2.40. The highest BCUT2D eigenvalue weighted by molar-refractivity contribution is 4.85. The van der Waals surface area contributed by atoms with E-state index < -0.39 is 0 Å². The number of nitrogens with one attached hydrogen (secondary N) is 1. The fraction of sp³-hybridized carbons (Fsp3) is 1.00. The summed E-state index contributed by atoms with van der Waals surface area (Å²) < 4.78 is 0. The average Bonchev–Trinajstić information content (AvgIpc) is 2.29. The molecule has 1 atom stereocenters. The lowest BCUT2D eigenvalue weighted by molar-refractivity contribution is 0.131. The van der Waals surface area contributed by atoms with Crippen molar-refractivity contribution in [1.29, 1.82) is 0 Å². The van der Waals surface area contributed by atoms with Crippen LogP contribution >= 0.6 is 0 Å². The van der Waals surface area contributed by atoms with E-state index in [1.165, 1.54) is 38.5 Å². The second-order valence-corrected chi connectivity index (χ2v) is 7.84. The molecule has 1 fully saturated rings. The third-order valence-corrected chi connectivity index (χ3v) is 4.99. The molecule has 1 aliphatic rings. The molecule has 18 heavy (non-hydrogen) atoms. The Labute approximate surface area is 115 Å². The van der Waals surface area contributed by atoms with Crippen LogP contribution in [0.4, 0.5) is 0 Å². The molecular weight excluding hydrogens is 218 g/mol. The molecule has 0 heterocycles. The van der Waals surface area contributed by atoms with Crippen molar-refractivity contribution in [2.75, 3.05) is 7.05 Å². The molecule has 1 saturated carbocycles. The third kappa shape index (κ3) is 4.91. The number of hydrogen-bond donors (Lipinski definition) is 1. The molecule has 0 aromatic carbocycles. The van der Waals surface area contributed by atoms with E-state index in [-0.39, 0.29) is 0 Å². The van der Waals surface area contributed by atoms with Gasteiger partial charge in [0.25, 0.3) is 0 Å². The Morgan fingerprint density at radius 1 is 1.00 bits per heavy atom. The van der Waals surface area contributed by atoms with Crippen LogP contribution < -0.4 is 5.32 Å². The summed E-state index contributed by atoms with van der Waals surface area (Å²) in [5.41, 5.74) is 0.512. The zero-order chi connectivity index (χ0) is 13.8. The molecule has 0 amide bonds. The van der Waals surface area contributed by atoms with Crippen LogP contribution in [0.15, 0.2) is 0 Å². The minimum absolute atomic E-state index is 0.512. The Morgan fingerprint density at radius 3 is 1.94 bits per heavy atom. The van der Waals surface area contributed by atoms with Gasteiger partial charge in [0.15, 0.2) is 0 Å². The molecule has 0 spiro atoms. The molecule has 1 unspecified atom stereocenters. The second-order valence-electron chi connectivity index (χ2n) is 7.84. The van der Waals surface area contributed by atoms with E-state index in [1.807, 2.05) is 0 Å². The van der Waals surface area contributed by atoms with E-state index in [1.54, 1.807) is 0 Å². The highest BCUT2D eigenvalue weighted by Gasteiger charge is 2.32. The fourth-order valence-electron chi connectivity index (χ4n) is 3.52. The first-order chi connectivity index (χ1) is 8.34. The van der Waals surface area contributed by atoms with Crippen LogP contribution in [0.3, 0.4) is 0 Å². The van der Waals surface area contributed by atoms with E-state index in [0.717, 1.165) is 23.8 Å². The van der Waals surface area contributed by atoms with Gasteiger partial charge in [-0.05, 0) is 68.7 Å². The van der Waals surface area contributed by atoms with Crippen LogP contribution in [0.25, 0.3) is 0 Å². The molecule has 1 N–H and O–H groups in total. The lowest BCUT2D eigenvalue weighted by Crippen LogP contribution is -2.37. The highest BCUT2D eigenvalue weighted by atomic mass is 14.9. The van der Waals surface area contributed by atoms with Gasteiger partial charge in [-0.2, -0.15) is 0 Å². The lowest BCUT2D eigenvalue weighted by atomic mass is 9.68. The molecule has 1 nitrogen and oxygen atoms in total. The van der Waals surface area contributed by atoms with Crippen LogP contribution in [0.2, 0.25) is 0 Å². The van der Waals surface area contributed by atoms with E-state index in [9.17, 15) is 0 Å². The molecule has 108 valence electrons. The summed E-state index contributed by atoms with van der Waals surface area (Å²) in [7, 11) is 2.15. The minimum Gasteiger partial charge on any atom is -0.317 e.